The van der Waals surface area contributed by atoms with Gasteiger partial charge in [0.15, 0.2) is 0 Å². The number of aliphatic carboxylic acids is 1. The first-order valence-electron chi connectivity index (χ1n) is 11.6. The van der Waals surface area contributed by atoms with E-state index in [-0.39, 0.29) is 30.2 Å². The molecule has 5 rings (SSSR count). The summed E-state index contributed by atoms with van der Waals surface area (Å²) in [5.41, 5.74) is 1.75. The van der Waals surface area contributed by atoms with Crippen molar-refractivity contribution in [1.82, 2.24) is 24.7 Å². The van der Waals surface area contributed by atoms with Crippen LogP contribution in [-0.4, -0.2) is 35.8 Å². The van der Waals surface area contributed by atoms with Crippen LogP contribution < -0.4 is 0 Å². The molecule has 0 spiro atoms. The van der Waals surface area contributed by atoms with E-state index < -0.39 is 22.9 Å². The molecule has 192 valence electrons. The number of halogens is 3. The molecular formula is C27H26ClF2N5O2. The van der Waals surface area contributed by atoms with E-state index in [0.717, 1.165) is 11.1 Å². The Morgan fingerprint density at radius 3 is 2.41 bits per heavy atom. The van der Waals surface area contributed by atoms with E-state index in [9.17, 15) is 14.3 Å². The van der Waals surface area contributed by atoms with E-state index in [2.05, 4.69) is 20.1 Å². The molecule has 1 fully saturated rings. The van der Waals surface area contributed by atoms with Gasteiger partial charge in [0.25, 0.3) is 0 Å². The lowest BCUT2D eigenvalue weighted by Crippen LogP contribution is -2.19. The molecule has 0 bridgehead atoms. The summed E-state index contributed by atoms with van der Waals surface area (Å²) in [7, 11) is 1.74. The van der Waals surface area contributed by atoms with Crippen LogP contribution in [0.5, 0.6) is 0 Å². The standard InChI is InChI=1S/C27H25F2N5O2.ClH/c1-26(2,29)23-15-30-13-19(33-23)11-22-20(14-32-34(22)3)24-21(28)10-17(12-31-24)16-4-6-18(7-5-16)27(8-9-27)25(35)36;/h4-7,10,12-15H,8-9,11H2,1-3H3,(H,35,36);1H. The molecule has 1 saturated carbocycles. The molecule has 0 amide bonds. The second-order valence-corrected chi connectivity index (χ2v) is 9.69. The number of pyridine rings is 1. The van der Waals surface area contributed by atoms with Gasteiger partial charge in [-0.2, -0.15) is 5.10 Å². The molecule has 3 aromatic heterocycles. The lowest BCUT2D eigenvalue weighted by atomic mass is 9.94. The second kappa shape index (κ2) is 9.63. The van der Waals surface area contributed by atoms with E-state index >= 15 is 4.39 Å². The maximum atomic E-state index is 15.3. The molecule has 37 heavy (non-hydrogen) atoms. The number of hydrogen-bond donors (Lipinski definition) is 1. The maximum absolute atomic E-state index is 15.3. The molecule has 0 aliphatic heterocycles. The van der Waals surface area contributed by atoms with Gasteiger partial charge in [-0.25, -0.2) is 8.78 Å². The van der Waals surface area contributed by atoms with Crippen molar-refractivity contribution in [2.24, 2.45) is 7.05 Å². The lowest BCUT2D eigenvalue weighted by molar-refractivity contribution is -0.140. The van der Waals surface area contributed by atoms with E-state index in [1.165, 1.54) is 26.1 Å². The summed E-state index contributed by atoms with van der Waals surface area (Å²) in [5, 5.41) is 13.8. The normalized spacial score (nSPS) is 14.2. The highest BCUT2D eigenvalue weighted by Crippen LogP contribution is 2.48. The van der Waals surface area contributed by atoms with Crippen molar-refractivity contribution in [3.63, 3.8) is 0 Å². The maximum Gasteiger partial charge on any atom is 0.314 e. The minimum absolute atomic E-state index is 0. The molecule has 0 radical (unpaired) electrons. The van der Waals surface area contributed by atoms with Gasteiger partial charge in [0, 0.05) is 37.0 Å². The van der Waals surface area contributed by atoms with Crippen LogP contribution in [-0.2, 0) is 29.3 Å². The third-order valence-electron chi connectivity index (χ3n) is 6.73. The van der Waals surface area contributed by atoms with Gasteiger partial charge in [0.2, 0.25) is 0 Å². The first-order chi connectivity index (χ1) is 17.1. The Bertz CT molecular complexity index is 1460. The minimum atomic E-state index is -1.63. The van der Waals surface area contributed by atoms with Crippen molar-refractivity contribution in [1.29, 1.82) is 0 Å². The average molecular weight is 526 g/mol. The summed E-state index contributed by atoms with van der Waals surface area (Å²) < 4.78 is 31.3. The topological polar surface area (TPSA) is 93.8 Å². The number of rotatable bonds is 7. The van der Waals surface area contributed by atoms with Crippen LogP contribution in [0.4, 0.5) is 8.78 Å². The fourth-order valence-corrected chi connectivity index (χ4v) is 4.35. The first kappa shape index (κ1) is 26.3. The van der Waals surface area contributed by atoms with Crippen molar-refractivity contribution in [3.8, 4) is 22.4 Å². The molecule has 0 unspecified atom stereocenters. The van der Waals surface area contributed by atoms with Crippen LogP contribution in [0.3, 0.4) is 0 Å². The molecule has 0 saturated heterocycles. The third-order valence-corrected chi connectivity index (χ3v) is 6.73. The van der Waals surface area contributed by atoms with Gasteiger partial charge in [-0.1, -0.05) is 24.3 Å². The Kier molecular flexibility index (Phi) is 6.85. The van der Waals surface area contributed by atoms with Crippen molar-refractivity contribution in [2.75, 3.05) is 0 Å². The van der Waals surface area contributed by atoms with Crippen LogP contribution in [0.25, 0.3) is 22.4 Å². The van der Waals surface area contributed by atoms with E-state index in [1.807, 2.05) is 0 Å². The highest BCUT2D eigenvalue weighted by Gasteiger charge is 2.51. The van der Waals surface area contributed by atoms with Gasteiger partial charge >= 0.3 is 5.97 Å². The number of benzene rings is 1. The average Bonchev–Trinajstić information content (AvgIpc) is 3.59. The molecule has 1 aromatic carbocycles. The molecule has 7 nitrogen and oxygen atoms in total. The molecule has 4 aromatic rings. The van der Waals surface area contributed by atoms with Crippen molar-refractivity contribution < 1.29 is 18.7 Å². The van der Waals surface area contributed by atoms with Gasteiger partial charge in [0.05, 0.1) is 34.9 Å². The summed E-state index contributed by atoms with van der Waals surface area (Å²) in [5.74, 6) is -1.33. The fourth-order valence-electron chi connectivity index (χ4n) is 4.35. The summed E-state index contributed by atoms with van der Waals surface area (Å²) >= 11 is 0. The summed E-state index contributed by atoms with van der Waals surface area (Å²) in [6.45, 7) is 2.83. The van der Waals surface area contributed by atoms with E-state index in [1.54, 1.807) is 54.6 Å². The fraction of sp³-hybridized carbons (Fsp3) is 0.296. The van der Waals surface area contributed by atoms with Crippen LogP contribution in [0.1, 0.15) is 49.3 Å². The zero-order valence-corrected chi connectivity index (χ0v) is 21.4. The number of hydrogen-bond acceptors (Lipinski definition) is 5. The lowest BCUT2D eigenvalue weighted by Gasteiger charge is -2.14. The van der Waals surface area contributed by atoms with E-state index in [0.29, 0.717) is 35.4 Å². The van der Waals surface area contributed by atoms with Gasteiger partial charge in [-0.05, 0) is 43.9 Å². The smallest absolute Gasteiger partial charge is 0.314 e. The Hall–Kier alpha value is -3.72. The van der Waals surface area contributed by atoms with E-state index in [4.69, 9.17) is 0 Å². The van der Waals surface area contributed by atoms with Crippen LogP contribution in [0.15, 0.2) is 55.1 Å². The summed E-state index contributed by atoms with van der Waals surface area (Å²) in [4.78, 5) is 24.4. The van der Waals surface area contributed by atoms with Gasteiger partial charge < -0.3 is 5.11 Å². The predicted molar refractivity (Wildman–Crippen MR) is 137 cm³/mol. The monoisotopic (exact) mass is 525 g/mol. The number of carboxylic acids is 1. The van der Waals surface area contributed by atoms with Crippen LogP contribution >= 0.6 is 12.4 Å². The third kappa shape index (κ3) is 4.96. The Morgan fingerprint density at radius 1 is 1.11 bits per heavy atom. The Labute approximate surface area is 219 Å². The van der Waals surface area contributed by atoms with Crippen molar-refractivity contribution >= 4 is 18.4 Å². The first-order valence-corrected chi connectivity index (χ1v) is 11.6. The number of carboxylic acid groups (broad SMARTS) is 1. The summed E-state index contributed by atoms with van der Waals surface area (Å²) in [6.07, 6.45) is 7.61. The van der Waals surface area contributed by atoms with Crippen molar-refractivity contribution in [2.45, 2.75) is 44.2 Å². The highest BCUT2D eigenvalue weighted by atomic mass is 35.5. The number of aryl methyl sites for hydroxylation is 1. The molecular weight excluding hydrogens is 500 g/mol. The number of aromatic nitrogens is 5. The molecule has 1 aliphatic carbocycles. The predicted octanol–water partition coefficient (Wildman–Crippen LogP) is 5.41. The van der Waals surface area contributed by atoms with Crippen LogP contribution in [0.2, 0.25) is 0 Å². The number of alkyl halides is 1. The van der Waals surface area contributed by atoms with Gasteiger partial charge in [0.1, 0.15) is 17.2 Å². The zero-order chi connectivity index (χ0) is 25.7. The largest absolute Gasteiger partial charge is 0.481 e. The van der Waals surface area contributed by atoms with Crippen molar-refractivity contribution in [3.05, 3.63) is 83.6 Å². The number of carbonyl (C=O) groups is 1. The second-order valence-electron chi connectivity index (χ2n) is 9.69. The van der Waals surface area contributed by atoms with Gasteiger partial charge in [-0.3, -0.25) is 24.4 Å². The molecule has 1 N–H and O–H groups in total. The molecule has 10 heteroatoms. The summed E-state index contributed by atoms with van der Waals surface area (Å²) in [6, 6.07) is 8.57. The quantitative estimate of drug-likeness (QED) is 0.346. The SMILES string of the molecule is Cl.Cn1ncc(-c2ncc(-c3ccc(C4(C(=O)O)CC4)cc3)cc2F)c1Cc1cncc(C(C)(C)F)n1. The molecule has 1 aliphatic rings. The van der Waals surface area contributed by atoms with Crippen LogP contribution in [0, 0.1) is 5.82 Å². The Morgan fingerprint density at radius 2 is 1.81 bits per heavy atom. The number of nitrogens with zero attached hydrogens (tertiary/aromatic N) is 5. The zero-order valence-electron chi connectivity index (χ0n) is 20.6. The Balaban J connectivity index is 0.00000320. The molecule has 3 heterocycles. The highest BCUT2D eigenvalue weighted by molar-refractivity contribution is 5.85. The van der Waals surface area contributed by atoms with Gasteiger partial charge in [-0.15, -0.1) is 12.4 Å². The minimum Gasteiger partial charge on any atom is -0.481 e. The molecule has 0 atom stereocenters.